The number of carbonyl (C=O) groups excluding carboxylic acids is 2. The van der Waals surface area contributed by atoms with Crippen LogP contribution in [-0.2, 0) is 14.4 Å². The summed E-state index contributed by atoms with van der Waals surface area (Å²) in [6.45, 7) is -0.211. The molecule has 3 aromatic rings. The van der Waals surface area contributed by atoms with Gasteiger partial charge in [0.25, 0.3) is 5.91 Å². The van der Waals surface area contributed by atoms with Gasteiger partial charge in [-0.25, -0.2) is 4.79 Å². The number of anilines is 1. The summed E-state index contributed by atoms with van der Waals surface area (Å²) in [6.07, 6.45) is 1.46. The summed E-state index contributed by atoms with van der Waals surface area (Å²) in [6, 6.07) is 24.2. The first-order valence-electron chi connectivity index (χ1n) is 8.95. The van der Waals surface area contributed by atoms with Crippen molar-refractivity contribution in [3.05, 3.63) is 90.0 Å². The average molecular weight is 388 g/mol. The fourth-order valence-electron chi connectivity index (χ4n) is 2.59. The molecule has 6 heteroatoms. The molecule has 29 heavy (non-hydrogen) atoms. The lowest BCUT2D eigenvalue weighted by Gasteiger charge is -2.06. The van der Waals surface area contributed by atoms with Gasteiger partial charge in [-0.3, -0.25) is 4.79 Å². The van der Waals surface area contributed by atoms with Crippen LogP contribution in [0.3, 0.4) is 0 Å². The fraction of sp³-hybridized carbons (Fsp3) is 0.0870. The molecule has 0 bridgehead atoms. The molecule has 0 aliphatic heterocycles. The van der Waals surface area contributed by atoms with E-state index in [9.17, 15) is 9.59 Å². The molecule has 0 aliphatic rings. The molecule has 0 unspecified atom stereocenters. The van der Waals surface area contributed by atoms with Crippen LogP contribution in [0.4, 0.5) is 5.69 Å². The maximum Gasteiger partial charge on any atom is 0.337 e. The van der Waals surface area contributed by atoms with Crippen molar-refractivity contribution in [3.8, 4) is 11.1 Å². The van der Waals surface area contributed by atoms with E-state index in [0.717, 1.165) is 16.7 Å². The van der Waals surface area contributed by atoms with Crippen molar-refractivity contribution in [1.29, 1.82) is 0 Å². The van der Waals surface area contributed by atoms with Crippen molar-refractivity contribution in [2.45, 2.75) is 0 Å². The molecule has 146 valence electrons. The van der Waals surface area contributed by atoms with Crippen LogP contribution in [0, 0.1) is 0 Å². The van der Waals surface area contributed by atoms with Crippen molar-refractivity contribution in [2.75, 3.05) is 19.0 Å². The van der Waals surface area contributed by atoms with E-state index in [0.29, 0.717) is 11.3 Å². The van der Waals surface area contributed by atoms with Gasteiger partial charge in [-0.05, 0) is 41.0 Å². The molecular weight excluding hydrogens is 368 g/mol. The highest BCUT2D eigenvalue weighted by Gasteiger charge is 2.05. The number of hydrogen-bond acceptors (Lipinski definition) is 5. The molecule has 3 aromatic carbocycles. The Morgan fingerprint density at radius 3 is 2.21 bits per heavy atom. The molecule has 0 fully saturated rings. The van der Waals surface area contributed by atoms with Crippen LogP contribution in [-0.4, -0.2) is 31.8 Å². The van der Waals surface area contributed by atoms with Gasteiger partial charge in [0.2, 0.25) is 0 Å². The first-order valence-corrected chi connectivity index (χ1v) is 8.95. The van der Waals surface area contributed by atoms with Crippen molar-refractivity contribution in [2.24, 2.45) is 5.16 Å². The molecule has 0 atom stereocenters. The third-order valence-electron chi connectivity index (χ3n) is 4.08. The Morgan fingerprint density at radius 1 is 0.897 bits per heavy atom. The molecule has 0 saturated carbocycles. The van der Waals surface area contributed by atoms with Crippen LogP contribution in [0.1, 0.15) is 15.9 Å². The summed E-state index contributed by atoms with van der Waals surface area (Å²) in [5, 5.41) is 6.53. The number of nitrogens with one attached hydrogen (secondary N) is 1. The van der Waals surface area contributed by atoms with Gasteiger partial charge in [-0.15, -0.1) is 0 Å². The predicted molar refractivity (Wildman–Crippen MR) is 112 cm³/mol. The number of oxime groups is 1. The summed E-state index contributed by atoms with van der Waals surface area (Å²) >= 11 is 0. The maximum atomic E-state index is 12.0. The van der Waals surface area contributed by atoms with Crippen molar-refractivity contribution >= 4 is 23.8 Å². The molecule has 1 N–H and O–H groups in total. The van der Waals surface area contributed by atoms with Gasteiger partial charge in [0.05, 0.1) is 18.9 Å². The number of methoxy groups -OCH3 is 1. The number of benzene rings is 3. The smallest absolute Gasteiger partial charge is 0.337 e. The largest absolute Gasteiger partial charge is 0.465 e. The molecule has 0 radical (unpaired) electrons. The Morgan fingerprint density at radius 2 is 1.55 bits per heavy atom. The second kappa shape index (κ2) is 9.85. The van der Waals surface area contributed by atoms with Gasteiger partial charge >= 0.3 is 5.97 Å². The number of nitrogens with zero attached hydrogens (tertiary/aromatic N) is 1. The van der Waals surface area contributed by atoms with E-state index in [-0.39, 0.29) is 12.5 Å². The van der Waals surface area contributed by atoms with Gasteiger partial charge in [0.1, 0.15) is 0 Å². The Bertz CT molecular complexity index is 982. The standard InChI is InChI=1S/C23H20N2O4/c1-28-23(27)20-9-7-17(8-10-20)15-24-29-16-22(26)25-21-13-11-19(12-14-21)18-5-3-2-4-6-18/h2-15H,16H2,1H3,(H,25,26)/b24-15+. The van der Waals surface area contributed by atoms with Gasteiger partial charge in [0.15, 0.2) is 6.61 Å². The molecule has 0 aromatic heterocycles. The number of carbonyl (C=O) groups is 2. The first-order chi connectivity index (χ1) is 14.2. The van der Waals surface area contributed by atoms with Crippen LogP contribution in [0.25, 0.3) is 11.1 Å². The predicted octanol–water partition coefficient (Wildman–Crippen LogP) is 4.13. The zero-order valence-corrected chi connectivity index (χ0v) is 15.9. The number of rotatable bonds is 7. The van der Waals surface area contributed by atoms with Crippen LogP contribution in [0.2, 0.25) is 0 Å². The van der Waals surface area contributed by atoms with Crippen LogP contribution >= 0.6 is 0 Å². The second-order valence-electron chi connectivity index (χ2n) is 6.11. The third-order valence-corrected chi connectivity index (χ3v) is 4.08. The zero-order chi connectivity index (χ0) is 20.5. The monoisotopic (exact) mass is 388 g/mol. The Kier molecular flexibility index (Phi) is 6.73. The van der Waals surface area contributed by atoms with Gasteiger partial charge in [-0.2, -0.15) is 0 Å². The van der Waals surface area contributed by atoms with Crippen molar-refractivity contribution in [3.63, 3.8) is 0 Å². The van der Waals surface area contributed by atoms with Crippen molar-refractivity contribution in [1.82, 2.24) is 0 Å². The van der Waals surface area contributed by atoms with Crippen molar-refractivity contribution < 1.29 is 19.2 Å². The Hall–Kier alpha value is -3.93. The second-order valence-corrected chi connectivity index (χ2v) is 6.11. The summed E-state index contributed by atoms with van der Waals surface area (Å²) in [7, 11) is 1.33. The molecule has 6 nitrogen and oxygen atoms in total. The Balaban J connectivity index is 1.46. The fourth-order valence-corrected chi connectivity index (χ4v) is 2.59. The molecule has 0 saturated heterocycles. The lowest BCUT2D eigenvalue weighted by atomic mass is 10.1. The number of amides is 1. The summed E-state index contributed by atoms with van der Waals surface area (Å²) < 4.78 is 4.64. The highest BCUT2D eigenvalue weighted by atomic mass is 16.6. The van der Waals surface area contributed by atoms with E-state index in [1.54, 1.807) is 24.3 Å². The minimum Gasteiger partial charge on any atom is -0.465 e. The van der Waals surface area contributed by atoms with Crippen LogP contribution < -0.4 is 5.32 Å². The SMILES string of the molecule is COC(=O)c1ccc(/C=N/OCC(=O)Nc2ccc(-c3ccccc3)cc2)cc1. The summed E-state index contributed by atoms with van der Waals surface area (Å²) in [4.78, 5) is 28.4. The van der Waals surface area contributed by atoms with E-state index >= 15 is 0 Å². The highest BCUT2D eigenvalue weighted by molar-refractivity contribution is 5.92. The normalized spacial score (nSPS) is 10.5. The van der Waals surface area contributed by atoms with Crippen LogP contribution in [0.15, 0.2) is 84.0 Å². The molecule has 0 aliphatic carbocycles. The first kappa shape index (κ1) is 19.8. The summed E-state index contributed by atoms with van der Waals surface area (Å²) in [5.41, 5.74) is 4.05. The molecular formula is C23H20N2O4. The lowest BCUT2D eigenvalue weighted by Crippen LogP contribution is -2.16. The van der Waals surface area contributed by atoms with Gasteiger partial charge < -0.3 is 14.9 Å². The van der Waals surface area contributed by atoms with E-state index in [2.05, 4.69) is 15.2 Å². The van der Waals surface area contributed by atoms with E-state index in [1.807, 2.05) is 54.6 Å². The molecule has 3 rings (SSSR count). The van der Waals surface area contributed by atoms with E-state index in [1.165, 1.54) is 13.3 Å². The average Bonchev–Trinajstić information content (AvgIpc) is 2.78. The highest BCUT2D eigenvalue weighted by Crippen LogP contribution is 2.20. The Labute approximate surface area is 168 Å². The number of ether oxygens (including phenoxy) is 1. The van der Waals surface area contributed by atoms with Gasteiger partial charge in [0, 0.05) is 5.69 Å². The molecule has 0 heterocycles. The van der Waals surface area contributed by atoms with E-state index < -0.39 is 5.97 Å². The van der Waals surface area contributed by atoms with E-state index in [4.69, 9.17) is 4.84 Å². The molecule has 1 amide bonds. The quantitative estimate of drug-likeness (QED) is 0.375. The molecule has 0 spiro atoms. The third kappa shape index (κ3) is 5.77. The van der Waals surface area contributed by atoms with Gasteiger partial charge in [-0.1, -0.05) is 59.8 Å². The lowest BCUT2D eigenvalue weighted by molar-refractivity contribution is -0.120. The topological polar surface area (TPSA) is 77.0 Å². The number of esters is 1. The number of hydrogen-bond donors (Lipinski definition) is 1. The van der Waals surface area contributed by atoms with Crippen LogP contribution in [0.5, 0.6) is 0 Å². The zero-order valence-electron chi connectivity index (χ0n) is 15.9. The maximum absolute atomic E-state index is 12.0. The summed E-state index contributed by atoms with van der Waals surface area (Å²) in [5.74, 6) is -0.714. The minimum atomic E-state index is -0.404. The minimum absolute atomic E-state index is 0.211.